The normalized spacial score (nSPS) is 10.4. The fraction of sp³-hybridized carbons (Fsp3) is 0.188. The summed E-state index contributed by atoms with van der Waals surface area (Å²) in [5.74, 6) is -0.847. The van der Waals surface area contributed by atoms with Crippen LogP contribution in [0.3, 0.4) is 0 Å². The summed E-state index contributed by atoms with van der Waals surface area (Å²) >= 11 is 0. The highest BCUT2D eigenvalue weighted by Gasteiger charge is 2.19. The Morgan fingerprint density at radius 2 is 2.00 bits per heavy atom. The average Bonchev–Trinajstić information content (AvgIpc) is 2.42. The Bertz CT molecular complexity index is 666. The highest BCUT2D eigenvalue weighted by molar-refractivity contribution is 6.07. The van der Waals surface area contributed by atoms with E-state index in [4.69, 9.17) is 5.73 Å². The Morgan fingerprint density at radius 3 is 2.62 bits per heavy atom. The number of phenols is 1. The van der Waals surface area contributed by atoms with Crippen LogP contribution >= 0.6 is 0 Å². The van der Waals surface area contributed by atoms with Gasteiger partial charge in [-0.2, -0.15) is 0 Å². The lowest BCUT2D eigenvalue weighted by atomic mass is 10.1. The van der Waals surface area contributed by atoms with E-state index in [0.717, 1.165) is 17.7 Å². The van der Waals surface area contributed by atoms with E-state index in [0.29, 0.717) is 12.2 Å². The van der Waals surface area contributed by atoms with E-state index in [1.54, 1.807) is 12.1 Å². The van der Waals surface area contributed by atoms with Gasteiger partial charge in [0.2, 0.25) is 0 Å². The standard InChI is InChI=1S/C16H17FN2O2/c1-3-19(15-9-14(20)5-4-10(15)2)16(21)11-6-12(17)8-13(18)7-11/h4-9,20H,3,18H2,1-2H3. The number of carbonyl (C=O) groups excluding carboxylic acids is 1. The number of hydrogen-bond donors (Lipinski definition) is 2. The molecule has 2 aromatic rings. The molecule has 1 amide bonds. The van der Waals surface area contributed by atoms with Gasteiger partial charge in [0, 0.05) is 23.9 Å². The summed E-state index contributed by atoms with van der Waals surface area (Å²) in [4.78, 5) is 14.0. The number of halogens is 1. The molecule has 2 rings (SSSR count). The first-order chi connectivity index (χ1) is 9.92. The molecule has 0 fully saturated rings. The van der Waals surface area contributed by atoms with Crippen LogP contribution in [-0.2, 0) is 0 Å². The number of phenolic OH excluding ortho intramolecular Hbond substituents is 1. The molecule has 0 saturated carbocycles. The van der Waals surface area contributed by atoms with Gasteiger partial charge in [-0.15, -0.1) is 0 Å². The van der Waals surface area contributed by atoms with Crippen LogP contribution in [0.2, 0.25) is 0 Å². The van der Waals surface area contributed by atoms with E-state index in [1.807, 2.05) is 13.8 Å². The zero-order valence-corrected chi connectivity index (χ0v) is 11.9. The third-order valence-corrected chi connectivity index (χ3v) is 3.21. The maximum absolute atomic E-state index is 13.4. The fourth-order valence-corrected chi connectivity index (χ4v) is 2.20. The smallest absolute Gasteiger partial charge is 0.258 e. The summed E-state index contributed by atoms with van der Waals surface area (Å²) in [7, 11) is 0. The van der Waals surface area contributed by atoms with Gasteiger partial charge in [-0.1, -0.05) is 6.07 Å². The third-order valence-electron chi connectivity index (χ3n) is 3.21. The minimum Gasteiger partial charge on any atom is -0.508 e. The number of aromatic hydroxyl groups is 1. The molecular formula is C16H17FN2O2. The van der Waals surface area contributed by atoms with Crippen molar-refractivity contribution in [2.24, 2.45) is 0 Å². The van der Waals surface area contributed by atoms with Crippen LogP contribution < -0.4 is 10.6 Å². The first-order valence-corrected chi connectivity index (χ1v) is 6.60. The quantitative estimate of drug-likeness (QED) is 0.853. The molecule has 0 saturated heterocycles. The number of carbonyl (C=O) groups is 1. The van der Waals surface area contributed by atoms with Gasteiger partial charge in [-0.25, -0.2) is 4.39 Å². The predicted octanol–water partition coefficient (Wildman–Crippen LogP) is 3.09. The van der Waals surface area contributed by atoms with E-state index in [9.17, 15) is 14.3 Å². The largest absolute Gasteiger partial charge is 0.508 e. The second-order valence-corrected chi connectivity index (χ2v) is 4.79. The van der Waals surface area contributed by atoms with Crippen LogP contribution in [0.15, 0.2) is 36.4 Å². The van der Waals surface area contributed by atoms with Gasteiger partial charge in [-0.3, -0.25) is 4.79 Å². The van der Waals surface area contributed by atoms with Crippen LogP contribution in [0.4, 0.5) is 15.8 Å². The maximum Gasteiger partial charge on any atom is 0.258 e. The number of benzene rings is 2. The third kappa shape index (κ3) is 3.13. The van der Waals surface area contributed by atoms with Crippen LogP contribution in [-0.4, -0.2) is 17.6 Å². The number of nitrogen functional groups attached to an aromatic ring is 1. The van der Waals surface area contributed by atoms with E-state index < -0.39 is 5.82 Å². The molecule has 0 unspecified atom stereocenters. The van der Waals surface area contributed by atoms with Gasteiger partial charge in [0.25, 0.3) is 5.91 Å². The van der Waals surface area contributed by atoms with Gasteiger partial charge >= 0.3 is 0 Å². The van der Waals surface area contributed by atoms with E-state index in [-0.39, 0.29) is 22.9 Å². The number of aryl methyl sites for hydroxylation is 1. The second-order valence-electron chi connectivity index (χ2n) is 4.79. The summed E-state index contributed by atoms with van der Waals surface area (Å²) in [5, 5.41) is 9.60. The summed E-state index contributed by atoms with van der Waals surface area (Å²) in [6.45, 7) is 4.04. The molecule has 5 heteroatoms. The van der Waals surface area contributed by atoms with Gasteiger partial charge < -0.3 is 15.7 Å². The fourth-order valence-electron chi connectivity index (χ4n) is 2.20. The second kappa shape index (κ2) is 5.83. The first kappa shape index (κ1) is 14.8. The van der Waals surface area contributed by atoms with Gasteiger partial charge in [-0.05, 0) is 43.7 Å². The Hall–Kier alpha value is -2.56. The van der Waals surface area contributed by atoms with Gasteiger partial charge in [0.1, 0.15) is 11.6 Å². The number of nitrogens with two attached hydrogens (primary N) is 1. The number of anilines is 2. The highest BCUT2D eigenvalue weighted by Crippen LogP contribution is 2.26. The predicted molar refractivity (Wildman–Crippen MR) is 81.0 cm³/mol. The summed E-state index contributed by atoms with van der Waals surface area (Å²) in [6.07, 6.45) is 0. The Labute approximate surface area is 122 Å². The molecule has 0 radical (unpaired) electrons. The molecule has 0 atom stereocenters. The maximum atomic E-state index is 13.4. The number of hydrogen-bond acceptors (Lipinski definition) is 3. The molecule has 0 bridgehead atoms. The van der Waals surface area contributed by atoms with Crippen LogP contribution in [0.5, 0.6) is 5.75 Å². The number of amides is 1. The Morgan fingerprint density at radius 1 is 1.29 bits per heavy atom. The highest BCUT2D eigenvalue weighted by atomic mass is 19.1. The molecule has 0 spiro atoms. The van der Waals surface area contributed by atoms with Gasteiger partial charge in [0.05, 0.1) is 5.69 Å². The van der Waals surface area contributed by atoms with Crippen molar-refractivity contribution in [2.45, 2.75) is 13.8 Å². The zero-order chi connectivity index (χ0) is 15.6. The van der Waals surface area contributed by atoms with Crippen molar-refractivity contribution in [3.05, 3.63) is 53.3 Å². The molecule has 0 aliphatic carbocycles. The molecule has 110 valence electrons. The van der Waals surface area contributed by atoms with Crippen LogP contribution in [0, 0.1) is 12.7 Å². The van der Waals surface area contributed by atoms with Crippen molar-refractivity contribution in [1.29, 1.82) is 0 Å². The summed E-state index contributed by atoms with van der Waals surface area (Å²) in [5.41, 5.74) is 7.38. The van der Waals surface area contributed by atoms with E-state index >= 15 is 0 Å². The molecule has 4 nitrogen and oxygen atoms in total. The monoisotopic (exact) mass is 288 g/mol. The van der Waals surface area contributed by atoms with Crippen molar-refractivity contribution in [3.63, 3.8) is 0 Å². The number of nitrogens with zero attached hydrogens (tertiary/aromatic N) is 1. The SMILES string of the molecule is CCN(C(=O)c1cc(N)cc(F)c1)c1cc(O)ccc1C. The molecule has 0 heterocycles. The number of rotatable bonds is 3. The summed E-state index contributed by atoms with van der Waals surface area (Å²) in [6, 6.07) is 8.54. The van der Waals surface area contributed by atoms with E-state index in [2.05, 4.69) is 0 Å². The lowest BCUT2D eigenvalue weighted by Gasteiger charge is -2.23. The lowest BCUT2D eigenvalue weighted by molar-refractivity contribution is 0.0987. The van der Waals surface area contributed by atoms with Crippen molar-refractivity contribution in [3.8, 4) is 5.75 Å². The van der Waals surface area contributed by atoms with Crippen molar-refractivity contribution < 1.29 is 14.3 Å². The van der Waals surface area contributed by atoms with Crippen LogP contribution in [0.1, 0.15) is 22.8 Å². The molecule has 0 aromatic heterocycles. The van der Waals surface area contributed by atoms with E-state index in [1.165, 1.54) is 17.0 Å². The minimum atomic E-state index is -0.554. The van der Waals surface area contributed by atoms with Gasteiger partial charge in [0.15, 0.2) is 0 Å². The Kier molecular flexibility index (Phi) is 4.12. The summed E-state index contributed by atoms with van der Waals surface area (Å²) < 4.78 is 13.4. The zero-order valence-electron chi connectivity index (χ0n) is 11.9. The first-order valence-electron chi connectivity index (χ1n) is 6.60. The average molecular weight is 288 g/mol. The minimum absolute atomic E-state index is 0.0700. The topological polar surface area (TPSA) is 66.6 Å². The molecule has 0 aliphatic rings. The molecule has 3 N–H and O–H groups in total. The van der Waals surface area contributed by atoms with Crippen LogP contribution in [0.25, 0.3) is 0 Å². The molecular weight excluding hydrogens is 271 g/mol. The molecule has 2 aromatic carbocycles. The van der Waals surface area contributed by atoms with Crippen molar-refractivity contribution >= 4 is 17.3 Å². The molecule has 21 heavy (non-hydrogen) atoms. The lowest BCUT2D eigenvalue weighted by Crippen LogP contribution is -2.31. The Balaban J connectivity index is 2.45. The molecule has 0 aliphatic heterocycles. The van der Waals surface area contributed by atoms with Crippen molar-refractivity contribution in [2.75, 3.05) is 17.2 Å². The van der Waals surface area contributed by atoms with Crippen molar-refractivity contribution in [1.82, 2.24) is 0 Å².